The third-order valence-electron chi connectivity index (χ3n) is 6.90. The van der Waals surface area contributed by atoms with Crippen molar-refractivity contribution in [2.45, 2.75) is 4.90 Å². The SMILES string of the molecule is O=[N+]([O-])c1cc(N=Nc2c([O-])ccc3ccccc23)c([O-])c(S(=O)(=O)[O-])c1.O=[N+]([O-])c1ccc([O-])c(N=Nc2c([O-])ccc3ccccc23)c1.[Cr+3].[H+].[H+]. The normalized spacial score (nSPS) is 11.3. The summed E-state index contributed by atoms with van der Waals surface area (Å²) < 4.78 is 33.6. The number of azo groups is 2. The largest absolute Gasteiger partial charge is 3.00 e. The minimum Gasteiger partial charge on any atom is -0.871 e. The summed E-state index contributed by atoms with van der Waals surface area (Å²) in [6.07, 6.45) is 0. The van der Waals surface area contributed by atoms with Gasteiger partial charge in [0.05, 0.1) is 37.5 Å². The number of hydrogen-bond acceptors (Lipinski definition) is 15. The van der Waals surface area contributed by atoms with E-state index >= 15 is 0 Å². The number of non-ortho nitro benzene ring substituents is 2. The van der Waals surface area contributed by atoms with E-state index in [0.717, 1.165) is 23.6 Å². The molecule has 0 saturated carbocycles. The molecule has 0 unspecified atom stereocenters. The van der Waals surface area contributed by atoms with Crippen LogP contribution in [0.25, 0.3) is 21.5 Å². The maximum Gasteiger partial charge on any atom is 3.00 e. The van der Waals surface area contributed by atoms with Crippen molar-refractivity contribution in [1.82, 2.24) is 0 Å². The molecule has 0 aliphatic rings. The predicted octanol–water partition coefficient (Wildman–Crippen LogP) is 5.75. The third-order valence-corrected chi connectivity index (χ3v) is 7.74. The Bertz CT molecular complexity index is 2510. The molecule has 51 heavy (non-hydrogen) atoms. The Labute approximate surface area is 300 Å². The standard InChI is InChI=1S/C16H11N3O7S.C16H11N3O4.Cr/c20-13-6-5-9-3-1-2-4-11(9)15(13)18-17-12-7-10(19(22)23)8-14(16(12)21)27(24,25)26;20-14-8-6-11(19(22)23)9-13(14)17-18-16-12-4-2-1-3-10(12)5-7-15(16)21;/h1-8,20-21H,(H,24,25,26);1-9,20-21H;/q;;+3/p-3. The molecule has 17 nitrogen and oxygen atoms in total. The van der Waals surface area contributed by atoms with Crippen LogP contribution in [0.2, 0.25) is 0 Å². The summed E-state index contributed by atoms with van der Waals surface area (Å²) in [5.74, 6) is -2.71. The molecule has 0 aliphatic carbocycles. The second-order valence-electron chi connectivity index (χ2n) is 10.1. The first-order valence-electron chi connectivity index (χ1n) is 13.9. The average Bonchev–Trinajstić information content (AvgIpc) is 3.08. The van der Waals surface area contributed by atoms with E-state index in [1.54, 1.807) is 48.5 Å². The number of hydrogen-bond donors (Lipinski definition) is 0. The van der Waals surface area contributed by atoms with Gasteiger partial charge < -0.3 is 25.0 Å². The van der Waals surface area contributed by atoms with Crippen molar-refractivity contribution in [3.05, 3.63) is 123 Å². The van der Waals surface area contributed by atoms with Crippen LogP contribution in [0.1, 0.15) is 2.85 Å². The van der Waals surface area contributed by atoms with Crippen LogP contribution in [0.4, 0.5) is 34.1 Å². The molecule has 0 bridgehead atoms. The Hall–Kier alpha value is -6.52. The average molecular weight is 748 g/mol. The summed E-state index contributed by atoms with van der Waals surface area (Å²) >= 11 is 0. The number of nitro groups is 2. The van der Waals surface area contributed by atoms with E-state index in [9.17, 15) is 53.6 Å². The van der Waals surface area contributed by atoms with Gasteiger partial charge >= 0.3 is 20.2 Å². The van der Waals surface area contributed by atoms with E-state index in [1.165, 1.54) is 12.1 Å². The Balaban J connectivity index is 0.000000351. The van der Waals surface area contributed by atoms with Crippen LogP contribution < -0.4 is 20.4 Å². The zero-order valence-corrected chi connectivity index (χ0v) is 27.4. The molecule has 0 aromatic heterocycles. The maximum atomic E-state index is 12.1. The van der Waals surface area contributed by atoms with Crippen LogP contribution in [-0.2, 0) is 27.5 Å². The summed E-state index contributed by atoms with van der Waals surface area (Å²) in [5, 5.41) is 86.8. The molecular formula is C32H19CrN6O11S. The van der Waals surface area contributed by atoms with Gasteiger partial charge in [0.25, 0.3) is 11.4 Å². The van der Waals surface area contributed by atoms with Gasteiger partial charge in [0.15, 0.2) is 0 Å². The van der Waals surface area contributed by atoms with Gasteiger partial charge in [-0.3, -0.25) is 20.2 Å². The topological polar surface area (TPSA) is 285 Å². The fourth-order valence-corrected chi connectivity index (χ4v) is 5.12. The zero-order chi connectivity index (χ0) is 36.2. The van der Waals surface area contributed by atoms with Crippen molar-refractivity contribution in [2.24, 2.45) is 20.5 Å². The summed E-state index contributed by atoms with van der Waals surface area (Å²) in [5.41, 5.74) is -2.06. The Morgan fingerprint density at radius 1 is 0.549 bits per heavy atom. The van der Waals surface area contributed by atoms with Gasteiger partial charge in [-0.25, -0.2) is 8.42 Å². The molecule has 0 amide bonds. The number of rotatable bonds is 7. The predicted molar refractivity (Wildman–Crippen MR) is 170 cm³/mol. The Morgan fingerprint density at radius 2 is 1.00 bits per heavy atom. The van der Waals surface area contributed by atoms with E-state index in [2.05, 4.69) is 20.5 Å². The molecule has 1 radical (unpaired) electrons. The van der Waals surface area contributed by atoms with Crippen molar-refractivity contribution < 1.29 is 63.5 Å². The second kappa shape index (κ2) is 15.4. The van der Waals surface area contributed by atoms with E-state index in [4.69, 9.17) is 0 Å². The van der Waals surface area contributed by atoms with Gasteiger partial charge in [-0.2, -0.15) is 20.5 Å². The van der Waals surface area contributed by atoms with Gasteiger partial charge in [0.1, 0.15) is 10.1 Å². The number of fused-ring (bicyclic) bond motifs is 2. The Kier molecular flexibility index (Phi) is 11.2. The molecule has 255 valence electrons. The number of nitrogens with zero attached hydrogens (tertiary/aromatic N) is 6. The fraction of sp³-hybridized carbons (Fsp3) is 0. The maximum absolute atomic E-state index is 12.1. The van der Waals surface area contributed by atoms with Crippen LogP contribution in [0.5, 0.6) is 23.0 Å². The van der Waals surface area contributed by atoms with Crippen molar-refractivity contribution >= 4 is 65.8 Å². The quantitative estimate of drug-likeness (QED) is 0.0820. The van der Waals surface area contributed by atoms with Crippen LogP contribution in [0.3, 0.4) is 0 Å². The number of benzene rings is 6. The van der Waals surface area contributed by atoms with E-state index < -0.39 is 53.5 Å². The molecule has 6 rings (SSSR count). The minimum absolute atomic E-state index is 0. The van der Waals surface area contributed by atoms with E-state index in [-0.39, 0.29) is 48.7 Å². The molecule has 0 spiro atoms. The molecule has 6 aromatic carbocycles. The molecule has 19 heteroatoms. The first kappa shape index (κ1) is 37.3. The van der Waals surface area contributed by atoms with Crippen LogP contribution >= 0.6 is 0 Å². The fourth-order valence-electron chi connectivity index (χ4n) is 4.52. The molecule has 6 aromatic rings. The van der Waals surface area contributed by atoms with Crippen LogP contribution in [-0.4, -0.2) is 22.8 Å². The smallest absolute Gasteiger partial charge is 0.871 e. The molecule has 0 atom stereocenters. The summed E-state index contributed by atoms with van der Waals surface area (Å²) in [6.45, 7) is 0. The molecule has 0 heterocycles. The van der Waals surface area contributed by atoms with Crippen molar-refractivity contribution in [1.29, 1.82) is 0 Å². The van der Waals surface area contributed by atoms with Gasteiger partial charge in [-0.15, -0.1) is 0 Å². The van der Waals surface area contributed by atoms with Gasteiger partial charge in [-0.1, -0.05) is 102 Å². The van der Waals surface area contributed by atoms with Gasteiger partial charge in [0.2, 0.25) is 0 Å². The second-order valence-corrected chi connectivity index (χ2v) is 11.4. The monoisotopic (exact) mass is 747 g/mol. The van der Waals surface area contributed by atoms with E-state index in [0.29, 0.717) is 28.3 Å². The molecule has 0 fully saturated rings. The van der Waals surface area contributed by atoms with Gasteiger partial charge in [-0.05, 0) is 10.8 Å². The van der Waals surface area contributed by atoms with Crippen LogP contribution in [0.15, 0.2) is 128 Å². The first-order chi connectivity index (χ1) is 23.7. The Morgan fingerprint density at radius 3 is 1.49 bits per heavy atom. The first-order valence-corrected chi connectivity index (χ1v) is 15.3. The summed E-state index contributed by atoms with van der Waals surface area (Å²) in [4.78, 5) is 18.8. The summed E-state index contributed by atoms with van der Waals surface area (Å²) in [6, 6.07) is 23.8. The summed E-state index contributed by atoms with van der Waals surface area (Å²) in [7, 11) is -5.27. The van der Waals surface area contributed by atoms with Crippen molar-refractivity contribution in [3.8, 4) is 23.0 Å². The third kappa shape index (κ3) is 8.38. The van der Waals surface area contributed by atoms with Crippen molar-refractivity contribution in [2.75, 3.05) is 0 Å². The minimum atomic E-state index is -5.27. The van der Waals surface area contributed by atoms with E-state index in [1.807, 2.05) is 12.1 Å². The van der Waals surface area contributed by atoms with Gasteiger partial charge in [0, 0.05) is 35.0 Å². The number of nitro benzene ring substituents is 2. The molecular weight excluding hydrogens is 728 g/mol. The van der Waals surface area contributed by atoms with Crippen LogP contribution in [0, 0.1) is 20.2 Å². The molecule has 0 aliphatic heterocycles. The molecule has 0 N–H and O–H groups in total. The van der Waals surface area contributed by atoms with Crippen molar-refractivity contribution in [3.63, 3.8) is 0 Å². The molecule has 0 saturated heterocycles. The zero-order valence-electron chi connectivity index (χ0n) is 27.3.